The molecule has 176 valence electrons. The van der Waals surface area contributed by atoms with Crippen LogP contribution in [0, 0.1) is 0 Å². The number of primary amides is 1. The van der Waals surface area contributed by atoms with Gasteiger partial charge in [-0.15, -0.1) is 0 Å². The molecule has 35 heavy (non-hydrogen) atoms. The van der Waals surface area contributed by atoms with Crippen molar-refractivity contribution in [3.8, 4) is 5.69 Å². The van der Waals surface area contributed by atoms with Gasteiger partial charge in [0.1, 0.15) is 12.9 Å². The first-order chi connectivity index (χ1) is 16.9. The summed E-state index contributed by atoms with van der Waals surface area (Å²) in [5.74, 6) is -0.811. The van der Waals surface area contributed by atoms with Gasteiger partial charge in [0.25, 0.3) is 5.91 Å². The number of aromatic nitrogens is 2. The molecule has 4 amide bonds. The lowest BCUT2D eigenvalue weighted by Crippen LogP contribution is -2.31. The van der Waals surface area contributed by atoms with Crippen molar-refractivity contribution < 1.29 is 14.4 Å². The van der Waals surface area contributed by atoms with Crippen LogP contribution >= 0.6 is 0 Å². The number of nitrogens with one attached hydrogen (secondary N) is 1. The van der Waals surface area contributed by atoms with E-state index in [1.807, 2.05) is 53.1 Å². The molecule has 0 aliphatic carbocycles. The van der Waals surface area contributed by atoms with E-state index < -0.39 is 5.91 Å². The molecule has 3 aromatic carbocycles. The van der Waals surface area contributed by atoms with Crippen LogP contribution in [0.3, 0.4) is 0 Å². The summed E-state index contributed by atoms with van der Waals surface area (Å²) in [6.45, 7) is 0.636. The number of para-hydroxylation sites is 2. The molecule has 1 fully saturated rings. The minimum Gasteiger partial charge on any atom is -0.381 e. The lowest BCUT2D eigenvalue weighted by Gasteiger charge is -2.18. The number of carbonyl (C=O) groups is 3. The third kappa shape index (κ3) is 4.31. The maximum atomic E-state index is 12.3. The second kappa shape index (κ2) is 8.94. The molecule has 1 aromatic heterocycles. The molecule has 0 bridgehead atoms. The van der Waals surface area contributed by atoms with E-state index in [1.54, 1.807) is 31.6 Å². The molecule has 9 heteroatoms. The summed E-state index contributed by atoms with van der Waals surface area (Å²) in [7, 11) is 1.59. The Balaban J connectivity index is 1.35. The molecule has 0 atom stereocenters. The van der Waals surface area contributed by atoms with Gasteiger partial charge in [0.05, 0.1) is 17.6 Å². The summed E-state index contributed by atoms with van der Waals surface area (Å²) >= 11 is 0. The van der Waals surface area contributed by atoms with Crippen molar-refractivity contribution in [3.05, 3.63) is 89.7 Å². The average Bonchev–Trinajstić information content (AvgIpc) is 3.39. The van der Waals surface area contributed by atoms with E-state index in [2.05, 4.69) is 10.3 Å². The number of amides is 4. The molecule has 5 rings (SSSR count). The number of fused-ring (bicyclic) bond motifs is 1. The number of hydrogen-bond donors (Lipinski definition) is 2. The number of carbonyl (C=O) groups excluding carboxylic acids is 3. The van der Waals surface area contributed by atoms with Gasteiger partial charge in [0.15, 0.2) is 0 Å². The third-order valence-electron chi connectivity index (χ3n) is 6.10. The molecule has 3 N–H and O–H groups in total. The van der Waals surface area contributed by atoms with Gasteiger partial charge in [0.2, 0.25) is 5.91 Å². The first kappa shape index (κ1) is 22.1. The minimum absolute atomic E-state index is 0.0551. The summed E-state index contributed by atoms with van der Waals surface area (Å²) in [5.41, 5.74) is 11.1. The molecule has 2 heterocycles. The first-order valence-corrected chi connectivity index (χ1v) is 11.1. The lowest BCUT2D eigenvalue weighted by molar-refractivity contribution is -0.125. The van der Waals surface area contributed by atoms with Crippen molar-refractivity contribution in [2.45, 2.75) is 13.1 Å². The summed E-state index contributed by atoms with van der Waals surface area (Å²) in [5, 5.41) is 3.33. The molecule has 9 nitrogen and oxygen atoms in total. The van der Waals surface area contributed by atoms with Gasteiger partial charge in [-0.1, -0.05) is 30.3 Å². The summed E-state index contributed by atoms with van der Waals surface area (Å²) < 4.78 is 2.03. The minimum atomic E-state index is -0.551. The van der Waals surface area contributed by atoms with Gasteiger partial charge in [-0.05, 0) is 47.5 Å². The normalized spacial score (nSPS) is 13.6. The van der Waals surface area contributed by atoms with Gasteiger partial charge < -0.3 is 16.0 Å². The van der Waals surface area contributed by atoms with Crippen LogP contribution in [0.4, 0.5) is 10.5 Å². The third-order valence-corrected chi connectivity index (χ3v) is 6.10. The molecular formula is C26H24N6O3. The number of rotatable bonds is 7. The van der Waals surface area contributed by atoms with Crippen molar-refractivity contribution in [2.24, 2.45) is 5.73 Å². The number of imide groups is 1. The Hall–Kier alpha value is -4.66. The molecule has 4 aromatic rings. The summed E-state index contributed by atoms with van der Waals surface area (Å²) in [6.07, 6.45) is 1.80. The predicted octanol–water partition coefficient (Wildman–Crippen LogP) is 3.13. The van der Waals surface area contributed by atoms with E-state index in [4.69, 9.17) is 5.73 Å². The Morgan fingerprint density at radius 2 is 1.83 bits per heavy atom. The molecule has 1 aliphatic heterocycles. The summed E-state index contributed by atoms with van der Waals surface area (Å²) in [6, 6.07) is 20.6. The van der Waals surface area contributed by atoms with E-state index in [1.165, 1.54) is 9.80 Å². The highest BCUT2D eigenvalue weighted by Gasteiger charge is 2.33. The van der Waals surface area contributed by atoms with Crippen LogP contribution in [0.1, 0.15) is 21.5 Å². The highest BCUT2D eigenvalue weighted by atomic mass is 16.2. The summed E-state index contributed by atoms with van der Waals surface area (Å²) in [4.78, 5) is 43.3. The van der Waals surface area contributed by atoms with E-state index in [0.29, 0.717) is 23.4 Å². The Morgan fingerprint density at radius 3 is 2.54 bits per heavy atom. The zero-order valence-electron chi connectivity index (χ0n) is 19.1. The number of nitrogens with zero attached hydrogens (tertiary/aromatic N) is 4. The van der Waals surface area contributed by atoms with Gasteiger partial charge in [-0.3, -0.25) is 19.1 Å². The zero-order chi connectivity index (χ0) is 24.5. The van der Waals surface area contributed by atoms with E-state index in [-0.39, 0.29) is 25.0 Å². The van der Waals surface area contributed by atoms with E-state index in [9.17, 15) is 14.4 Å². The number of likely N-dealkylation sites (N-methyl/N-ethyl adjacent to an activating group) is 1. The van der Waals surface area contributed by atoms with Crippen LogP contribution in [0.25, 0.3) is 16.7 Å². The fourth-order valence-electron chi connectivity index (χ4n) is 4.16. The Bertz CT molecular complexity index is 1440. The quantitative estimate of drug-likeness (QED) is 0.405. The molecule has 0 radical (unpaired) electrons. The van der Waals surface area contributed by atoms with Gasteiger partial charge >= 0.3 is 6.03 Å². The van der Waals surface area contributed by atoms with Crippen LogP contribution in [0.15, 0.2) is 73.1 Å². The van der Waals surface area contributed by atoms with Crippen molar-refractivity contribution in [2.75, 3.05) is 18.9 Å². The van der Waals surface area contributed by atoms with Crippen LogP contribution in [-0.4, -0.2) is 50.8 Å². The topological polar surface area (TPSA) is 114 Å². The fourth-order valence-corrected chi connectivity index (χ4v) is 4.16. The molecular weight excluding hydrogens is 444 g/mol. The number of anilines is 1. The highest BCUT2D eigenvalue weighted by Crippen LogP contribution is 2.24. The number of nitrogens with two attached hydrogens (primary N) is 1. The number of imidazole rings is 1. The van der Waals surface area contributed by atoms with Crippen LogP contribution < -0.4 is 11.1 Å². The molecule has 1 aliphatic rings. The second-order valence-electron chi connectivity index (χ2n) is 8.48. The first-order valence-electron chi connectivity index (χ1n) is 11.1. The van der Waals surface area contributed by atoms with Crippen molar-refractivity contribution in [3.63, 3.8) is 0 Å². The largest absolute Gasteiger partial charge is 0.381 e. The number of hydrogen-bond acceptors (Lipinski definition) is 5. The standard InChI is InChI=1S/C26H24N6O3/c1-30-15-24(33)31(26(30)35)14-19-9-8-18(25(27)34)12-22(19)28-13-17-6-10-20(11-7-17)32-16-29-21-4-2-3-5-23(21)32/h2-12,16,28H,13-15H2,1H3,(H2,27,34). The maximum Gasteiger partial charge on any atom is 0.327 e. The maximum absolute atomic E-state index is 12.3. The van der Waals surface area contributed by atoms with Gasteiger partial charge in [0, 0.05) is 30.5 Å². The van der Waals surface area contributed by atoms with Crippen LogP contribution in [0.5, 0.6) is 0 Å². The Morgan fingerprint density at radius 1 is 1.06 bits per heavy atom. The predicted molar refractivity (Wildman–Crippen MR) is 132 cm³/mol. The molecule has 0 unspecified atom stereocenters. The van der Waals surface area contributed by atoms with Crippen molar-refractivity contribution in [1.82, 2.24) is 19.4 Å². The molecule has 1 saturated heterocycles. The fraction of sp³-hybridized carbons (Fsp3) is 0.154. The van der Waals surface area contributed by atoms with Crippen molar-refractivity contribution >= 4 is 34.6 Å². The highest BCUT2D eigenvalue weighted by molar-refractivity contribution is 6.02. The van der Waals surface area contributed by atoms with Gasteiger partial charge in [-0.2, -0.15) is 0 Å². The Labute approximate surface area is 201 Å². The number of urea groups is 1. The molecule has 0 saturated carbocycles. The van der Waals surface area contributed by atoms with E-state index >= 15 is 0 Å². The smallest absolute Gasteiger partial charge is 0.327 e. The van der Waals surface area contributed by atoms with E-state index in [0.717, 1.165) is 22.3 Å². The molecule has 0 spiro atoms. The SMILES string of the molecule is CN1CC(=O)N(Cc2ccc(C(N)=O)cc2NCc2ccc(-n3cnc4ccccc43)cc2)C1=O. The Kier molecular flexibility index (Phi) is 5.66. The lowest BCUT2D eigenvalue weighted by atomic mass is 10.1. The average molecular weight is 469 g/mol. The van der Waals surface area contributed by atoms with Gasteiger partial charge in [-0.25, -0.2) is 9.78 Å². The zero-order valence-corrected chi connectivity index (χ0v) is 19.1. The monoisotopic (exact) mass is 468 g/mol. The second-order valence-corrected chi connectivity index (χ2v) is 8.48. The van der Waals surface area contributed by atoms with Crippen LogP contribution in [0.2, 0.25) is 0 Å². The number of benzene rings is 3. The van der Waals surface area contributed by atoms with Crippen LogP contribution in [-0.2, 0) is 17.9 Å². The van der Waals surface area contributed by atoms with Crippen molar-refractivity contribution in [1.29, 1.82) is 0 Å².